The van der Waals surface area contributed by atoms with Gasteiger partial charge in [-0.05, 0) is 6.92 Å². The van der Waals surface area contributed by atoms with Gasteiger partial charge in [-0.1, -0.05) is 0 Å². The van der Waals surface area contributed by atoms with E-state index >= 15 is 0 Å². The average molecular weight is 164 g/mol. The summed E-state index contributed by atoms with van der Waals surface area (Å²) in [4.78, 5) is 19.3. The van der Waals surface area contributed by atoms with Crippen LogP contribution in [-0.4, -0.2) is 18.9 Å². The van der Waals surface area contributed by atoms with Gasteiger partial charge in [0.05, 0.1) is 6.20 Å². The number of aryl methyl sites for hydroxylation is 1. The van der Waals surface area contributed by atoms with Crippen LogP contribution in [0.2, 0.25) is 0 Å². The molecule has 0 atom stereocenters. The number of rotatable bonds is 1. The Morgan fingerprint density at radius 3 is 3.08 bits per heavy atom. The second kappa shape index (κ2) is 2.44. The minimum atomic E-state index is -0.0972. The van der Waals surface area contributed by atoms with Gasteiger partial charge >= 0.3 is 5.69 Å². The van der Waals surface area contributed by atoms with Crippen LogP contribution in [0, 0.1) is 0 Å². The molecule has 5 nitrogen and oxygen atoms in total. The lowest BCUT2D eigenvalue weighted by Gasteiger charge is -1.99. The van der Waals surface area contributed by atoms with Gasteiger partial charge in [0.25, 0.3) is 0 Å². The Balaban J connectivity index is 2.88. The van der Waals surface area contributed by atoms with E-state index in [2.05, 4.69) is 9.97 Å². The third kappa shape index (κ3) is 0.827. The van der Waals surface area contributed by atoms with E-state index in [1.54, 1.807) is 6.20 Å². The van der Waals surface area contributed by atoms with Crippen molar-refractivity contribution in [2.45, 2.75) is 13.5 Å². The molecule has 0 amide bonds. The summed E-state index contributed by atoms with van der Waals surface area (Å²) in [5, 5.41) is 0. The van der Waals surface area contributed by atoms with Gasteiger partial charge in [0, 0.05) is 6.54 Å². The molecular weight excluding hydrogens is 156 g/mol. The van der Waals surface area contributed by atoms with E-state index in [1.165, 1.54) is 21.6 Å². The summed E-state index contributed by atoms with van der Waals surface area (Å²) in [5.74, 6) is 0. The molecule has 0 aliphatic heterocycles. The molecule has 2 rings (SSSR count). The van der Waals surface area contributed by atoms with E-state index in [0.717, 1.165) is 0 Å². The molecule has 0 N–H and O–H groups in total. The predicted octanol–water partition coefficient (Wildman–Crippen LogP) is -0.0891. The lowest BCUT2D eigenvalue weighted by Crippen LogP contribution is -2.25. The van der Waals surface area contributed by atoms with E-state index in [1.807, 2.05) is 6.92 Å². The van der Waals surface area contributed by atoms with Gasteiger partial charge in [-0.3, -0.25) is 4.57 Å². The second-order valence-electron chi connectivity index (χ2n) is 2.44. The Labute approximate surface area is 68.3 Å². The Bertz CT molecular complexity index is 456. The van der Waals surface area contributed by atoms with Crippen molar-refractivity contribution in [2.24, 2.45) is 0 Å². The first-order chi connectivity index (χ1) is 5.83. The molecule has 0 saturated carbocycles. The zero-order chi connectivity index (χ0) is 8.55. The highest BCUT2D eigenvalue weighted by atomic mass is 16.1. The average Bonchev–Trinajstić information content (AvgIpc) is 2.53. The molecule has 62 valence electrons. The summed E-state index contributed by atoms with van der Waals surface area (Å²) in [7, 11) is 0. The first-order valence-electron chi connectivity index (χ1n) is 3.70. The fraction of sp³-hybridized carbons (Fsp3) is 0.286. The van der Waals surface area contributed by atoms with E-state index in [-0.39, 0.29) is 5.69 Å². The van der Waals surface area contributed by atoms with E-state index in [9.17, 15) is 4.79 Å². The summed E-state index contributed by atoms with van der Waals surface area (Å²) in [6, 6.07) is 0. The van der Waals surface area contributed by atoms with Crippen LogP contribution in [0.4, 0.5) is 0 Å². The van der Waals surface area contributed by atoms with Gasteiger partial charge in [-0.2, -0.15) is 0 Å². The predicted molar refractivity (Wildman–Crippen MR) is 42.9 cm³/mol. The fourth-order valence-electron chi connectivity index (χ4n) is 1.06. The zero-order valence-electron chi connectivity index (χ0n) is 6.64. The van der Waals surface area contributed by atoms with Crippen molar-refractivity contribution < 1.29 is 0 Å². The van der Waals surface area contributed by atoms with Crippen molar-refractivity contribution in [3.05, 3.63) is 29.3 Å². The van der Waals surface area contributed by atoms with E-state index < -0.39 is 0 Å². The van der Waals surface area contributed by atoms with Crippen molar-refractivity contribution in [1.29, 1.82) is 0 Å². The quantitative estimate of drug-likeness (QED) is 0.592. The molecule has 2 aromatic rings. The number of fused-ring (bicyclic) bond motifs is 1. The molecule has 0 radical (unpaired) electrons. The number of hydrogen-bond donors (Lipinski definition) is 0. The van der Waals surface area contributed by atoms with Crippen LogP contribution < -0.4 is 5.69 Å². The highest BCUT2D eigenvalue weighted by molar-refractivity contribution is 5.32. The monoisotopic (exact) mass is 164 g/mol. The van der Waals surface area contributed by atoms with Crippen LogP contribution >= 0.6 is 0 Å². The third-order valence-corrected chi connectivity index (χ3v) is 1.74. The molecule has 0 spiro atoms. The summed E-state index contributed by atoms with van der Waals surface area (Å²) in [5.41, 5.74) is 0.490. The normalized spacial score (nSPS) is 10.8. The highest BCUT2D eigenvalue weighted by Gasteiger charge is 1.99. The molecule has 0 aromatic carbocycles. The molecule has 12 heavy (non-hydrogen) atoms. The van der Waals surface area contributed by atoms with Crippen LogP contribution in [0.15, 0.2) is 23.6 Å². The van der Waals surface area contributed by atoms with Gasteiger partial charge in [0.2, 0.25) is 0 Å². The zero-order valence-corrected chi connectivity index (χ0v) is 6.64. The standard InChI is InChI=1S/C7H8N4O/c1-2-10-5-9-6-3-8-4-11(6)7(10)12/h3-5H,2H2,1H3. The lowest BCUT2D eigenvalue weighted by molar-refractivity contribution is 0.667. The summed E-state index contributed by atoms with van der Waals surface area (Å²) in [6.45, 7) is 2.52. The third-order valence-electron chi connectivity index (χ3n) is 1.74. The minimum absolute atomic E-state index is 0.0972. The summed E-state index contributed by atoms with van der Waals surface area (Å²) < 4.78 is 2.94. The van der Waals surface area contributed by atoms with Gasteiger partial charge in [-0.25, -0.2) is 19.2 Å². The molecule has 0 aliphatic carbocycles. The van der Waals surface area contributed by atoms with Crippen LogP contribution in [0.3, 0.4) is 0 Å². The Morgan fingerprint density at radius 2 is 2.33 bits per heavy atom. The van der Waals surface area contributed by atoms with Crippen LogP contribution in [0.25, 0.3) is 5.65 Å². The number of hydrogen-bond acceptors (Lipinski definition) is 3. The molecule has 0 fully saturated rings. The van der Waals surface area contributed by atoms with Crippen molar-refractivity contribution in [3.63, 3.8) is 0 Å². The van der Waals surface area contributed by atoms with E-state index in [4.69, 9.17) is 0 Å². The SMILES string of the molecule is CCn1cnc2cncn2c1=O. The first-order valence-corrected chi connectivity index (χ1v) is 3.70. The van der Waals surface area contributed by atoms with Gasteiger partial charge in [0.15, 0.2) is 5.65 Å². The largest absolute Gasteiger partial charge is 0.336 e. The van der Waals surface area contributed by atoms with Gasteiger partial charge in [0.1, 0.15) is 12.7 Å². The molecular formula is C7H8N4O. The highest BCUT2D eigenvalue weighted by Crippen LogP contribution is 1.90. The molecule has 2 aromatic heterocycles. The first kappa shape index (κ1) is 7.02. The number of nitrogens with zero attached hydrogens (tertiary/aromatic N) is 4. The topological polar surface area (TPSA) is 52.2 Å². The van der Waals surface area contributed by atoms with E-state index in [0.29, 0.717) is 12.2 Å². The molecule has 0 unspecified atom stereocenters. The maximum Gasteiger partial charge on any atom is 0.336 e. The molecule has 0 aliphatic rings. The van der Waals surface area contributed by atoms with Crippen molar-refractivity contribution in [1.82, 2.24) is 18.9 Å². The fourth-order valence-corrected chi connectivity index (χ4v) is 1.06. The van der Waals surface area contributed by atoms with Crippen LogP contribution in [0.1, 0.15) is 6.92 Å². The Kier molecular flexibility index (Phi) is 1.43. The molecule has 0 saturated heterocycles. The lowest BCUT2D eigenvalue weighted by atomic mass is 10.7. The molecule has 2 heterocycles. The van der Waals surface area contributed by atoms with Gasteiger partial charge < -0.3 is 0 Å². The Morgan fingerprint density at radius 1 is 1.50 bits per heavy atom. The minimum Gasteiger partial charge on any atom is -0.284 e. The number of aromatic nitrogens is 4. The second-order valence-corrected chi connectivity index (χ2v) is 2.44. The summed E-state index contributed by atoms with van der Waals surface area (Å²) in [6.07, 6.45) is 4.55. The van der Waals surface area contributed by atoms with Crippen LogP contribution in [0.5, 0.6) is 0 Å². The maximum atomic E-state index is 11.5. The van der Waals surface area contributed by atoms with Crippen molar-refractivity contribution in [2.75, 3.05) is 0 Å². The van der Waals surface area contributed by atoms with Crippen molar-refractivity contribution >= 4 is 5.65 Å². The summed E-state index contributed by atoms with van der Waals surface area (Å²) >= 11 is 0. The van der Waals surface area contributed by atoms with Crippen molar-refractivity contribution in [3.8, 4) is 0 Å². The Hall–Kier alpha value is -1.65. The maximum absolute atomic E-state index is 11.5. The van der Waals surface area contributed by atoms with Gasteiger partial charge in [-0.15, -0.1) is 0 Å². The molecule has 5 heteroatoms. The number of imidazole rings is 1. The molecule has 0 bridgehead atoms. The smallest absolute Gasteiger partial charge is 0.284 e. The van der Waals surface area contributed by atoms with Crippen LogP contribution in [-0.2, 0) is 6.54 Å².